The fourth-order valence-electron chi connectivity index (χ4n) is 3.57. The van der Waals surface area contributed by atoms with Gasteiger partial charge in [-0.15, -0.1) is 0 Å². The van der Waals surface area contributed by atoms with Crippen LogP contribution in [0.5, 0.6) is 0 Å². The van der Waals surface area contributed by atoms with Crippen molar-refractivity contribution in [1.82, 2.24) is 19.2 Å². The minimum Gasteiger partial charge on any atom is -0.466 e. The molecule has 0 N–H and O–H groups in total. The molecule has 0 bridgehead atoms. The largest absolute Gasteiger partial charge is 0.466 e. The molecule has 0 spiro atoms. The standard InChI is InChI=1S/C20H24N4O2/c1-13-10-15(14(2)26-13)19(25)23-11-16-17(12-23)21-24(20(3,4)5)18(16)22-8-6-7-9-22/h6-10H,11-12H2,1-5H3. The average Bonchev–Trinajstić information content (AvgIpc) is 3.27. The maximum atomic E-state index is 13.0. The molecule has 6 heteroatoms. The second-order valence-corrected chi connectivity index (χ2v) is 7.91. The molecule has 3 aromatic heterocycles. The molecule has 136 valence electrons. The molecule has 4 rings (SSSR count). The minimum atomic E-state index is -0.142. The summed E-state index contributed by atoms with van der Waals surface area (Å²) in [6.45, 7) is 11.2. The Labute approximate surface area is 153 Å². The molecule has 0 fully saturated rings. The van der Waals surface area contributed by atoms with E-state index in [9.17, 15) is 4.79 Å². The molecule has 4 heterocycles. The number of carbonyl (C=O) groups excluding carboxylic acids is 1. The first-order chi connectivity index (χ1) is 12.3. The first-order valence-electron chi connectivity index (χ1n) is 8.86. The van der Waals surface area contributed by atoms with E-state index < -0.39 is 0 Å². The predicted molar refractivity (Wildman–Crippen MR) is 98.3 cm³/mol. The molecule has 0 saturated carbocycles. The monoisotopic (exact) mass is 352 g/mol. The van der Waals surface area contributed by atoms with E-state index in [4.69, 9.17) is 9.52 Å². The molecule has 1 amide bonds. The Kier molecular flexibility index (Phi) is 3.61. The van der Waals surface area contributed by atoms with E-state index in [1.165, 1.54) is 0 Å². The zero-order valence-electron chi connectivity index (χ0n) is 15.9. The zero-order chi connectivity index (χ0) is 18.6. The number of furan rings is 1. The number of rotatable bonds is 2. The van der Waals surface area contributed by atoms with Crippen LogP contribution in [0.1, 0.15) is 53.9 Å². The molecule has 0 radical (unpaired) electrons. The first-order valence-corrected chi connectivity index (χ1v) is 8.86. The van der Waals surface area contributed by atoms with Crippen molar-refractivity contribution in [2.75, 3.05) is 0 Å². The van der Waals surface area contributed by atoms with Crippen LogP contribution in [0.2, 0.25) is 0 Å². The van der Waals surface area contributed by atoms with Gasteiger partial charge in [0.2, 0.25) is 0 Å². The summed E-state index contributed by atoms with van der Waals surface area (Å²) >= 11 is 0. The van der Waals surface area contributed by atoms with Gasteiger partial charge in [0.05, 0.1) is 29.9 Å². The summed E-state index contributed by atoms with van der Waals surface area (Å²) in [6.07, 6.45) is 4.04. The number of hydrogen-bond donors (Lipinski definition) is 0. The van der Waals surface area contributed by atoms with Gasteiger partial charge >= 0.3 is 0 Å². The van der Waals surface area contributed by atoms with Gasteiger partial charge in [0.15, 0.2) is 0 Å². The lowest BCUT2D eigenvalue weighted by Crippen LogP contribution is -2.29. The Morgan fingerprint density at radius 3 is 2.42 bits per heavy atom. The smallest absolute Gasteiger partial charge is 0.258 e. The molecule has 6 nitrogen and oxygen atoms in total. The van der Waals surface area contributed by atoms with Crippen molar-refractivity contribution in [2.45, 2.75) is 53.2 Å². The summed E-state index contributed by atoms with van der Waals surface area (Å²) in [5.74, 6) is 2.46. The molecule has 1 aliphatic heterocycles. The Hall–Kier alpha value is -2.76. The van der Waals surface area contributed by atoms with Crippen molar-refractivity contribution < 1.29 is 9.21 Å². The number of fused-ring (bicyclic) bond motifs is 1. The number of nitrogens with zero attached hydrogens (tertiary/aromatic N) is 4. The number of amides is 1. The molecular weight excluding hydrogens is 328 g/mol. The molecule has 0 aromatic carbocycles. The molecule has 1 aliphatic rings. The maximum absolute atomic E-state index is 13.0. The fraction of sp³-hybridized carbons (Fsp3) is 0.400. The van der Waals surface area contributed by atoms with Crippen molar-refractivity contribution in [3.63, 3.8) is 0 Å². The predicted octanol–water partition coefficient (Wildman–Crippen LogP) is 3.79. The third kappa shape index (κ3) is 2.57. The first kappa shape index (κ1) is 16.7. The number of carbonyl (C=O) groups is 1. The van der Waals surface area contributed by atoms with E-state index in [1.54, 1.807) is 0 Å². The van der Waals surface area contributed by atoms with E-state index in [0.717, 1.165) is 22.8 Å². The topological polar surface area (TPSA) is 56.2 Å². The molecule has 26 heavy (non-hydrogen) atoms. The molecule has 3 aromatic rings. The lowest BCUT2D eigenvalue weighted by Gasteiger charge is -2.24. The SMILES string of the molecule is Cc1cc(C(=O)N2Cc3nn(C(C)(C)C)c(-n4cccc4)c3C2)c(C)o1. The maximum Gasteiger partial charge on any atom is 0.258 e. The van der Waals surface area contributed by atoms with Gasteiger partial charge in [-0.25, -0.2) is 4.68 Å². The fourth-order valence-corrected chi connectivity index (χ4v) is 3.57. The van der Waals surface area contributed by atoms with Crippen LogP contribution >= 0.6 is 0 Å². The van der Waals surface area contributed by atoms with Crippen LogP contribution in [0, 0.1) is 13.8 Å². The molecular formula is C20H24N4O2. The summed E-state index contributed by atoms with van der Waals surface area (Å²) in [7, 11) is 0. The molecule has 0 atom stereocenters. The minimum absolute atomic E-state index is 0.00175. The van der Waals surface area contributed by atoms with Crippen molar-refractivity contribution in [3.05, 3.63) is 58.9 Å². The Balaban J connectivity index is 1.72. The Bertz CT molecular complexity index is 971. The van der Waals surface area contributed by atoms with Crippen LogP contribution in [0.15, 0.2) is 35.0 Å². The summed E-state index contributed by atoms with van der Waals surface area (Å²) in [5.41, 5.74) is 2.58. The van der Waals surface area contributed by atoms with Gasteiger partial charge in [0.25, 0.3) is 5.91 Å². The molecule has 0 aliphatic carbocycles. The summed E-state index contributed by atoms with van der Waals surface area (Å²) in [5, 5.41) is 4.85. The third-order valence-electron chi connectivity index (χ3n) is 4.77. The zero-order valence-corrected chi connectivity index (χ0v) is 15.9. The number of aromatic nitrogens is 3. The second kappa shape index (κ2) is 5.62. The molecule has 0 unspecified atom stereocenters. The average molecular weight is 352 g/mol. The van der Waals surface area contributed by atoms with Gasteiger partial charge in [0, 0.05) is 18.0 Å². The Morgan fingerprint density at radius 2 is 1.85 bits per heavy atom. The van der Waals surface area contributed by atoms with E-state index in [2.05, 4.69) is 30.0 Å². The van der Waals surface area contributed by atoms with Crippen LogP contribution in [-0.4, -0.2) is 25.2 Å². The number of hydrogen-bond acceptors (Lipinski definition) is 3. The van der Waals surface area contributed by atoms with Crippen LogP contribution < -0.4 is 0 Å². The van der Waals surface area contributed by atoms with Gasteiger partial charge in [-0.05, 0) is 52.8 Å². The van der Waals surface area contributed by atoms with E-state index in [0.29, 0.717) is 24.4 Å². The summed E-state index contributed by atoms with van der Waals surface area (Å²) in [4.78, 5) is 14.8. The van der Waals surface area contributed by atoms with Crippen molar-refractivity contribution in [2.24, 2.45) is 0 Å². The Morgan fingerprint density at radius 1 is 1.15 bits per heavy atom. The summed E-state index contributed by atoms with van der Waals surface area (Å²) < 4.78 is 9.67. The van der Waals surface area contributed by atoms with Crippen LogP contribution in [0.25, 0.3) is 5.82 Å². The van der Waals surface area contributed by atoms with Crippen LogP contribution in [-0.2, 0) is 18.6 Å². The van der Waals surface area contributed by atoms with Crippen molar-refractivity contribution >= 4 is 5.91 Å². The number of aryl methyl sites for hydroxylation is 2. The van der Waals surface area contributed by atoms with Gasteiger partial charge in [0.1, 0.15) is 17.3 Å². The van der Waals surface area contributed by atoms with Crippen LogP contribution in [0.4, 0.5) is 0 Å². The van der Waals surface area contributed by atoms with E-state index in [-0.39, 0.29) is 11.4 Å². The van der Waals surface area contributed by atoms with Gasteiger partial charge < -0.3 is 13.9 Å². The third-order valence-corrected chi connectivity index (χ3v) is 4.77. The van der Waals surface area contributed by atoms with Gasteiger partial charge in [-0.3, -0.25) is 4.79 Å². The highest BCUT2D eigenvalue weighted by atomic mass is 16.3. The highest BCUT2D eigenvalue weighted by Gasteiger charge is 2.34. The van der Waals surface area contributed by atoms with Crippen molar-refractivity contribution in [1.29, 1.82) is 0 Å². The summed E-state index contributed by atoms with van der Waals surface area (Å²) in [6, 6.07) is 5.82. The highest BCUT2D eigenvalue weighted by molar-refractivity contribution is 5.95. The van der Waals surface area contributed by atoms with E-state index >= 15 is 0 Å². The second-order valence-electron chi connectivity index (χ2n) is 7.91. The molecule has 0 saturated heterocycles. The van der Waals surface area contributed by atoms with Crippen LogP contribution in [0.3, 0.4) is 0 Å². The van der Waals surface area contributed by atoms with Crippen molar-refractivity contribution in [3.8, 4) is 5.82 Å². The normalized spacial score (nSPS) is 14.1. The van der Waals surface area contributed by atoms with E-state index in [1.807, 2.05) is 49.3 Å². The lowest BCUT2D eigenvalue weighted by molar-refractivity contribution is 0.0746. The highest BCUT2D eigenvalue weighted by Crippen LogP contribution is 2.33. The van der Waals surface area contributed by atoms with Gasteiger partial charge in [-0.1, -0.05) is 0 Å². The van der Waals surface area contributed by atoms with Gasteiger partial charge in [-0.2, -0.15) is 5.10 Å². The quantitative estimate of drug-likeness (QED) is 0.705. The lowest BCUT2D eigenvalue weighted by atomic mass is 10.1.